The summed E-state index contributed by atoms with van der Waals surface area (Å²) in [7, 11) is 0. The molecule has 2 aromatic carbocycles. The minimum absolute atomic E-state index is 0.129. The number of rotatable bonds is 5. The normalized spacial score (nSPS) is 15.6. The van der Waals surface area contributed by atoms with Crippen LogP contribution in [0.25, 0.3) is 5.69 Å². The van der Waals surface area contributed by atoms with Crippen LogP contribution in [0.1, 0.15) is 23.6 Å². The molecule has 7 nitrogen and oxygen atoms in total. The number of hydrogen-bond acceptors (Lipinski definition) is 4. The zero-order valence-electron chi connectivity index (χ0n) is 14.8. The summed E-state index contributed by atoms with van der Waals surface area (Å²) in [5, 5.41) is 2.86. The van der Waals surface area contributed by atoms with Gasteiger partial charge in [-0.15, -0.1) is 0 Å². The van der Waals surface area contributed by atoms with Crippen LogP contribution < -0.4 is 15.8 Å². The maximum atomic E-state index is 13.2. The Morgan fingerprint density at radius 2 is 1.93 bits per heavy atom. The van der Waals surface area contributed by atoms with Gasteiger partial charge in [-0.2, -0.15) is 0 Å². The molecule has 28 heavy (non-hydrogen) atoms. The minimum atomic E-state index is -0.552. The van der Waals surface area contributed by atoms with Crippen LogP contribution in [0.4, 0.5) is 10.2 Å². The van der Waals surface area contributed by atoms with Crippen LogP contribution in [0.5, 0.6) is 5.75 Å². The Morgan fingerprint density at radius 1 is 1.21 bits per heavy atom. The van der Waals surface area contributed by atoms with Crippen LogP contribution in [0.15, 0.2) is 54.9 Å². The summed E-state index contributed by atoms with van der Waals surface area (Å²) in [5.74, 6) is -0.157. The molecule has 8 heteroatoms. The number of imidazole rings is 1. The van der Waals surface area contributed by atoms with Crippen LogP contribution in [-0.2, 0) is 9.59 Å². The number of carbonyl (C=O) groups is 2. The molecule has 3 N–H and O–H groups in total. The number of carbonyl (C=O) groups excluding carboxylic acids is 2. The molecule has 1 aliphatic heterocycles. The second kappa shape index (κ2) is 7.15. The van der Waals surface area contributed by atoms with E-state index >= 15 is 0 Å². The highest BCUT2D eigenvalue weighted by molar-refractivity contribution is 5.94. The third-order valence-corrected chi connectivity index (χ3v) is 4.54. The first kappa shape index (κ1) is 17.7. The van der Waals surface area contributed by atoms with Gasteiger partial charge in [0.05, 0.1) is 5.69 Å². The summed E-state index contributed by atoms with van der Waals surface area (Å²) < 4.78 is 20.2. The average molecular weight is 380 g/mol. The van der Waals surface area contributed by atoms with Gasteiger partial charge in [-0.25, -0.2) is 9.37 Å². The highest BCUT2D eigenvalue weighted by Gasteiger charge is 2.31. The maximum Gasteiger partial charge on any atom is 0.255 e. The molecule has 2 amide bonds. The van der Waals surface area contributed by atoms with Crippen molar-refractivity contribution in [1.29, 1.82) is 0 Å². The lowest BCUT2D eigenvalue weighted by atomic mass is 9.90. The fourth-order valence-corrected chi connectivity index (χ4v) is 3.23. The van der Waals surface area contributed by atoms with Crippen LogP contribution in [0, 0.1) is 5.82 Å². The Labute approximate surface area is 159 Å². The first-order valence-corrected chi connectivity index (χ1v) is 8.65. The zero-order chi connectivity index (χ0) is 19.7. The lowest BCUT2D eigenvalue weighted by Crippen LogP contribution is -2.25. The summed E-state index contributed by atoms with van der Waals surface area (Å²) in [4.78, 5) is 27.6. The van der Waals surface area contributed by atoms with E-state index in [0.29, 0.717) is 17.3 Å². The summed E-state index contributed by atoms with van der Waals surface area (Å²) in [6, 6.07) is 13.1. The minimum Gasteiger partial charge on any atom is -0.484 e. The van der Waals surface area contributed by atoms with E-state index in [1.54, 1.807) is 35.2 Å². The number of nitrogens with zero attached hydrogens (tertiary/aromatic N) is 2. The van der Waals surface area contributed by atoms with Crippen molar-refractivity contribution in [3.63, 3.8) is 0 Å². The van der Waals surface area contributed by atoms with Gasteiger partial charge in [0.25, 0.3) is 5.91 Å². The molecule has 0 aliphatic carbocycles. The topological polar surface area (TPSA) is 99.2 Å². The molecule has 0 spiro atoms. The molecule has 3 aromatic rings. The molecular formula is C20H17FN4O3. The van der Waals surface area contributed by atoms with E-state index in [2.05, 4.69) is 10.3 Å². The zero-order valence-corrected chi connectivity index (χ0v) is 14.8. The molecule has 1 aromatic heterocycles. The number of ether oxygens (including phenoxy) is 1. The van der Waals surface area contributed by atoms with E-state index in [1.165, 1.54) is 12.1 Å². The third kappa shape index (κ3) is 3.44. The van der Waals surface area contributed by atoms with E-state index in [9.17, 15) is 14.0 Å². The number of nitrogens with two attached hydrogens (primary N) is 1. The Kier molecular flexibility index (Phi) is 4.52. The number of nitrogens with one attached hydrogen (secondary N) is 1. The predicted molar refractivity (Wildman–Crippen MR) is 99.7 cm³/mol. The van der Waals surface area contributed by atoms with Gasteiger partial charge in [0.15, 0.2) is 6.61 Å². The van der Waals surface area contributed by atoms with Gasteiger partial charge in [0.1, 0.15) is 23.7 Å². The molecule has 0 saturated carbocycles. The number of amides is 2. The Balaban J connectivity index is 1.65. The van der Waals surface area contributed by atoms with Crippen LogP contribution in [0.3, 0.4) is 0 Å². The number of primary amides is 1. The monoisotopic (exact) mass is 380 g/mol. The molecule has 0 saturated heterocycles. The summed E-state index contributed by atoms with van der Waals surface area (Å²) >= 11 is 0. The number of aromatic nitrogens is 2. The van der Waals surface area contributed by atoms with Crippen molar-refractivity contribution in [2.75, 3.05) is 11.9 Å². The first-order valence-electron chi connectivity index (χ1n) is 8.65. The fraction of sp³-hybridized carbons (Fsp3) is 0.150. The van der Waals surface area contributed by atoms with Crippen LogP contribution in [-0.4, -0.2) is 28.0 Å². The molecule has 0 unspecified atom stereocenters. The summed E-state index contributed by atoms with van der Waals surface area (Å²) in [5.41, 5.74) is 7.40. The smallest absolute Gasteiger partial charge is 0.255 e. The second-order valence-corrected chi connectivity index (χ2v) is 6.45. The molecule has 1 atom stereocenters. The van der Waals surface area contributed by atoms with Gasteiger partial charge >= 0.3 is 0 Å². The maximum absolute atomic E-state index is 13.2. The lowest BCUT2D eigenvalue weighted by Gasteiger charge is -2.23. The lowest BCUT2D eigenvalue weighted by molar-refractivity contribution is -0.120. The predicted octanol–water partition coefficient (Wildman–Crippen LogP) is 2.35. The Morgan fingerprint density at radius 3 is 2.61 bits per heavy atom. The number of anilines is 1. The number of halogens is 1. The van der Waals surface area contributed by atoms with E-state index < -0.39 is 5.91 Å². The van der Waals surface area contributed by atoms with Gasteiger partial charge in [0, 0.05) is 18.0 Å². The summed E-state index contributed by atoms with van der Waals surface area (Å²) in [6.07, 6.45) is 1.87. The van der Waals surface area contributed by atoms with Gasteiger partial charge < -0.3 is 15.8 Å². The Hall–Kier alpha value is -3.68. The number of hydrogen-bond donors (Lipinski definition) is 2. The van der Waals surface area contributed by atoms with E-state index in [0.717, 1.165) is 11.3 Å². The van der Waals surface area contributed by atoms with E-state index in [-0.39, 0.29) is 30.7 Å². The van der Waals surface area contributed by atoms with E-state index in [4.69, 9.17) is 10.5 Å². The molecule has 142 valence electrons. The largest absolute Gasteiger partial charge is 0.484 e. The van der Waals surface area contributed by atoms with Crippen molar-refractivity contribution in [2.45, 2.75) is 12.3 Å². The standard InChI is InChI=1S/C20H17FN4O3/c21-13-3-5-14(6-4-13)25-11-23-19-16(9-18(27)24-20(19)25)12-1-7-15(8-2-12)28-10-17(22)26/h1-8,11,16H,9-10H2,(H2,22,26)(H,24,27)/t16-/m0/s1. The average Bonchev–Trinajstić information content (AvgIpc) is 3.10. The van der Waals surface area contributed by atoms with Crippen molar-refractivity contribution in [3.05, 3.63) is 71.9 Å². The van der Waals surface area contributed by atoms with Gasteiger partial charge in [-0.3, -0.25) is 14.2 Å². The van der Waals surface area contributed by atoms with Crippen molar-refractivity contribution in [2.24, 2.45) is 5.73 Å². The van der Waals surface area contributed by atoms with Gasteiger partial charge in [0.2, 0.25) is 5.91 Å². The second-order valence-electron chi connectivity index (χ2n) is 6.45. The molecule has 4 rings (SSSR count). The molecule has 0 fully saturated rings. The fourth-order valence-electron chi connectivity index (χ4n) is 3.23. The van der Waals surface area contributed by atoms with Crippen molar-refractivity contribution >= 4 is 17.6 Å². The van der Waals surface area contributed by atoms with E-state index in [1.807, 2.05) is 12.1 Å². The molecule has 1 aliphatic rings. The van der Waals surface area contributed by atoms with Crippen LogP contribution in [0.2, 0.25) is 0 Å². The Bertz CT molecular complexity index is 1030. The number of fused-ring (bicyclic) bond motifs is 1. The molecule has 0 bridgehead atoms. The highest BCUT2D eigenvalue weighted by Crippen LogP contribution is 2.37. The van der Waals surface area contributed by atoms with Crippen molar-refractivity contribution in [1.82, 2.24) is 9.55 Å². The molecular weight excluding hydrogens is 363 g/mol. The quantitative estimate of drug-likeness (QED) is 0.710. The van der Waals surface area contributed by atoms with Crippen molar-refractivity contribution in [3.8, 4) is 11.4 Å². The molecule has 0 radical (unpaired) electrons. The highest BCUT2D eigenvalue weighted by atomic mass is 19.1. The summed E-state index contributed by atoms with van der Waals surface area (Å²) in [6.45, 7) is -0.197. The van der Waals surface area contributed by atoms with Gasteiger partial charge in [-0.1, -0.05) is 12.1 Å². The van der Waals surface area contributed by atoms with Crippen LogP contribution >= 0.6 is 0 Å². The van der Waals surface area contributed by atoms with Gasteiger partial charge in [-0.05, 0) is 42.0 Å². The van der Waals surface area contributed by atoms with Crippen molar-refractivity contribution < 1.29 is 18.7 Å². The number of benzene rings is 2. The molecule has 2 heterocycles. The SMILES string of the molecule is NC(=O)COc1ccc([C@@H]2CC(=O)Nc3c2ncn3-c2ccc(F)cc2)cc1. The third-order valence-electron chi connectivity index (χ3n) is 4.54. The first-order chi connectivity index (χ1) is 13.5.